The van der Waals surface area contributed by atoms with Crippen molar-refractivity contribution in [3.05, 3.63) is 52.1 Å². The SMILES string of the molecule is CCCCn1c(=NC(=O)c2cc(C(F)(F)F)ccc2CCC(=O)OCC)cc(C(C)(C)C)n1C. The van der Waals surface area contributed by atoms with E-state index in [1.165, 1.54) is 6.07 Å². The van der Waals surface area contributed by atoms with Gasteiger partial charge in [-0.25, -0.2) is 0 Å². The normalized spacial score (nSPS) is 12.8. The van der Waals surface area contributed by atoms with Crippen molar-refractivity contribution in [2.45, 2.75) is 78.4 Å². The first-order valence-corrected chi connectivity index (χ1v) is 11.5. The predicted octanol–water partition coefficient (Wildman–Crippen LogP) is 5.18. The van der Waals surface area contributed by atoms with E-state index in [-0.39, 0.29) is 30.4 Å². The predicted molar refractivity (Wildman–Crippen MR) is 123 cm³/mol. The fourth-order valence-corrected chi connectivity index (χ4v) is 3.74. The lowest BCUT2D eigenvalue weighted by atomic mass is 9.92. The van der Waals surface area contributed by atoms with Crippen molar-refractivity contribution in [2.24, 2.45) is 12.0 Å². The molecule has 0 aliphatic heterocycles. The van der Waals surface area contributed by atoms with Gasteiger partial charge in [-0.15, -0.1) is 0 Å². The zero-order valence-corrected chi connectivity index (χ0v) is 20.8. The molecule has 0 saturated carbocycles. The number of esters is 1. The molecule has 0 aliphatic rings. The lowest BCUT2D eigenvalue weighted by Crippen LogP contribution is -2.25. The molecule has 0 saturated heterocycles. The molecule has 0 spiro atoms. The first-order chi connectivity index (χ1) is 15.8. The number of rotatable bonds is 8. The quantitative estimate of drug-likeness (QED) is 0.488. The van der Waals surface area contributed by atoms with E-state index < -0.39 is 23.6 Å². The van der Waals surface area contributed by atoms with E-state index in [0.29, 0.717) is 17.6 Å². The summed E-state index contributed by atoms with van der Waals surface area (Å²) in [6, 6.07) is 4.77. The molecule has 34 heavy (non-hydrogen) atoms. The van der Waals surface area contributed by atoms with Crippen LogP contribution in [-0.4, -0.2) is 27.8 Å². The topological polar surface area (TPSA) is 65.6 Å². The van der Waals surface area contributed by atoms with Crippen LogP contribution < -0.4 is 5.49 Å². The summed E-state index contributed by atoms with van der Waals surface area (Å²) in [5.41, 5.74) is 0.333. The lowest BCUT2D eigenvalue weighted by molar-refractivity contribution is -0.143. The second kappa shape index (κ2) is 11.1. The van der Waals surface area contributed by atoms with Gasteiger partial charge in [0.1, 0.15) is 0 Å². The molecule has 6 nitrogen and oxygen atoms in total. The van der Waals surface area contributed by atoms with E-state index in [9.17, 15) is 22.8 Å². The number of aromatic nitrogens is 2. The number of carbonyl (C=O) groups is 2. The summed E-state index contributed by atoms with van der Waals surface area (Å²) >= 11 is 0. The molecular formula is C25H34F3N3O3. The Hall–Kier alpha value is -2.84. The van der Waals surface area contributed by atoms with Gasteiger partial charge in [0.05, 0.1) is 12.2 Å². The number of alkyl halides is 3. The minimum Gasteiger partial charge on any atom is -0.466 e. The second-order valence-corrected chi connectivity index (χ2v) is 9.23. The first-order valence-electron chi connectivity index (χ1n) is 11.5. The van der Waals surface area contributed by atoms with E-state index in [4.69, 9.17) is 4.74 Å². The third-order valence-electron chi connectivity index (χ3n) is 5.52. The van der Waals surface area contributed by atoms with Gasteiger partial charge in [0.25, 0.3) is 5.91 Å². The Balaban J connectivity index is 2.59. The van der Waals surface area contributed by atoms with Gasteiger partial charge in [0.15, 0.2) is 5.49 Å². The van der Waals surface area contributed by atoms with Crippen molar-refractivity contribution in [1.82, 2.24) is 9.36 Å². The number of benzene rings is 1. The van der Waals surface area contributed by atoms with Crippen molar-refractivity contribution in [3.8, 4) is 0 Å². The maximum absolute atomic E-state index is 13.4. The molecule has 0 N–H and O–H groups in total. The highest BCUT2D eigenvalue weighted by molar-refractivity contribution is 5.96. The largest absolute Gasteiger partial charge is 0.466 e. The standard InChI is InChI=1S/C25H34F3N3O3/c1-7-9-14-31-21(16-20(30(31)6)24(3,4)5)29-23(33)19-15-18(25(26,27)28)12-10-17(19)11-13-22(32)34-8-2/h10,12,15-16H,7-9,11,13-14H2,1-6H3. The summed E-state index contributed by atoms with van der Waals surface area (Å²) in [7, 11) is 1.88. The Morgan fingerprint density at radius 3 is 2.32 bits per heavy atom. The van der Waals surface area contributed by atoms with Gasteiger partial charge in [0, 0.05) is 42.8 Å². The fraction of sp³-hybridized carbons (Fsp3) is 0.560. The second-order valence-electron chi connectivity index (χ2n) is 9.23. The molecule has 1 heterocycles. The number of ether oxygens (including phenoxy) is 1. The van der Waals surface area contributed by atoms with Gasteiger partial charge >= 0.3 is 12.1 Å². The summed E-state index contributed by atoms with van der Waals surface area (Å²) in [5, 5.41) is 0. The third-order valence-corrected chi connectivity index (χ3v) is 5.52. The van der Waals surface area contributed by atoms with Crippen molar-refractivity contribution < 1.29 is 27.5 Å². The van der Waals surface area contributed by atoms with E-state index in [1.807, 2.05) is 37.2 Å². The summed E-state index contributed by atoms with van der Waals surface area (Å²) in [5.74, 6) is -1.26. The van der Waals surface area contributed by atoms with Gasteiger partial charge in [-0.1, -0.05) is 40.2 Å². The maximum atomic E-state index is 13.4. The molecule has 0 bridgehead atoms. The number of hydrogen-bond acceptors (Lipinski definition) is 3. The summed E-state index contributed by atoms with van der Waals surface area (Å²) in [4.78, 5) is 29.2. The molecule has 1 aromatic heterocycles. The highest BCUT2D eigenvalue weighted by Crippen LogP contribution is 2.31. The number of hydrogen-bond donors (Lipinski definition) is 0. The number of amides is 1. The van der Waals surface area contributed by atoms with Gasteiger partial charge in [-0.05, 0) is 37.5 Å². The van der Waals surface area contributed by atoms with Crippen molar-refractivity contribution in [2.75, 3.05) is 6.61 Å². The zero-order valence-electron chi connectivity index (χ0n) is 20.8. The van der Waals surface area contributed by atoms with E-state index in [2.05, 4.69) is 11.9 Å². The van der Waals surface area contributed by atoms with Crippen LogP contribution in [0.4, 0.5) is 13.2 Å². The molecule has 0 fully saturated rings. The molecule has 1 aromatic carbocycles. The molecule has 9 heteroatoms. The van der Waals surface area contributed by atoms with Gasteiger partial charge in [0.2, 0.25) is 0 Å². The van der Waals surface area contributed by atoms with Crippen LogP contribution in [0.2, 0.25) is 0 Å². The van der Waals surface area contributed by atoms with Crippen LogP contribution in [0.15, 0.2) is 29.3 Å². The average molecular weight is 482 g/mol. The zero-order chi connectivity index (χ0) is 25.7. The van der Waals surface area contributed by atoms with Crippen LogP contribution in [0.5, 0.6) is 0 Å². The molecule has 0 atom stereocenters. The molecule has 2 aromatic rings. The van der Waals surface area contributed by atoms with Crippen LogP contribution in [-0.2, 0) is 41.1 Å². The van der Waals surface area contributed by atoms with Crippen molar-refractivity contribution >= 4 is 11.9 Å². The Kier molecular flexibility index (Phi) is 8.91. The molecule has 0 unspecified atom stereocenters. The highest BCUT2D eigenvalue weighted by atomic mass is 19.4. The maximum Gasteiger partial charge on any atom is 0.416 e. The van der Waals surface area contributed by atoms with Crippen LogP contribution in [0.3, 0.4) is 0 Å². The van der Waals surface area contributed by atoms with E-state index in [0.717, 1.165) is 30.7 Å². The molecule has 188 valence electrons. The number of carbonyl (C=O) groups excluding carboxylic acids is 2. The van der Waals surface area contributed by atoms with Gasteiger partial charge in [-0.3, -0.25) is 19.0 Å². The van der Waals surface area contributed by atoms with Gasteiger partial charge in [-0.2, -0.15) is 18.2 Å². The number of unbranched alkanes of at least 4 members (excludes halogenated alkanes) is 1. The first kappa shape index (κ1) is 27.4. The average Bonchev–Trinajstić information content (AvgIpc) is 3.05. The van der Waals surface area contributed by atoms with Crippen LogP contribution >= 0.6 is 0 Å². The summed E-state index contributed by atoms with van der Waals surface area (Å²) < 4.78 is 48.8. The Morgan fingerprint density at radius 1 is 1.09 bits per heavy atom. The number of aryl methyl sites for hydroxylation is 1. The molecule has 0 radical (unpaired) electrons. The Bertz CT molecular complexity index is 1090. The van der Waals surface area contributed by atoms with Crippen LogP contribution in [0, 0.1) is 0 Å². The Labute approximate surface area is 198 Å². The smallest absolute Gasteiger partial charge is 0.416 e. The van der Waals surface area contributed by atoms with Gasteiger partial charge < -0.3 is 4.74 Å². The number of nitrogens with zero attached hydrogens (tertiary/aromatic N) is 3. The molecule has 2 rings (SSSR count). The summed E-state index contributed by atoms with van der Waals surface area (Å²) in [6.07, 6.45) is -2.79. The van der Waals surface area contributed by atoms with Crippen LogP contribution in [0.25, 0.3) is 0 Å². The minimum absolute atomic E-state index is 0.0461. The third kappa shape index (κ3) is 6.84. The van der Waals surface area contributed by atoms with E-state index in [1.54, 1.807) is 13.0 Å². The highest BCUT2D eigenvalue weighted by Gasteiger charge is 2.32. The molecule has 0 aliphatic carbocycles. The van der Waals surface area contributed by atoms with Crippen LogP contribution in [0.1, 0.15) is 81.1 Å². The summed E-state index contributed by atoms with van der Waals surface area (Å²) in [6.45, 7) is 10.7. The molecule has 1 amide bonds. The molecular weight excluding hydrogens is 447 g/mol. The van der Waals surface area contributed by atoms with Crippen molar-refractivity contribution in [1.29, 1.82) is 0 Å². The van der Waals surface area contributed by atoms with E-state index >= 15 is 0 Å². The fourth-order valence-electron chi connectivity index (χ4n) is 3.74. The van der Waals surface area contributed by atoms with Crippen molar-refractivity contribution in [3.63, 3.8) is 0 Å². The lowest BCUT2D eigenvalue weighted by Gasteiger charge is -2.20. The monoisotopic (exact) mass is 481 g/mol. The number of halogens is 3. The minimum atomic E-state index is -4.61. The Morgan fingerprint density at radius 2 is 1.76 bits per heavy atom.